The van der Waals surface area contributed by atoms with Gasteiger partial charge in [-0.1, -0.05) is 30.3 Å². The van der Waals surface area contributed by atoms with Crippen molar-refractivity contribution in [3.63, 3.8) is 0 Å². The fourth-order valence-corrected chi connectivity index (χ4v) is 4.48. The molecule has 4 rings (SSSR count). The maximum absolute atomic E-state index is 12.8. The second-order valence-electron chi connectivity index (χ2n) is 8.31. The summed E-state index contributed by atoms with van der Waals surface area (Å²) >= 11 is 0. The van der Waals surface area contributed by atoms with E-state index in [4.69, 9.17) is 4.74 Å². The number of nitrogens with one attached hydrogen (secondary N) is 1. The Balaban J connectivity index is 1.28. The molecular weight excluding hydrogens is 404 g/mol. The molecule has 0 aromatic heterocycles. The van der Waals surface area contributed by atoms with E-state index in [0.717, 1.165) is 22.6 Å². The number of hydrogen-bond donors (Lipinski definition) is 1. The molecule has 1 saturated heterocycles. The van der Waals surface area contributed by atoms with Gasteiger partial charge in [0.25, 0.3) is 0 Å². The number of benzene rings is 2. The van der Waals surface area contributed by atoms with E-state index in [1.807, 2.05) is 53.4 Å². The summed E-state index contributed by atoms with van der Waals surface area (Å²) in [4.78, 5) is 29.1. The van der Waals surface area contributed by atoms with Gasteiger partial charge in [0, 0.05) is 44.2 Å². The Kier molecular flexibility index (Phi) is 6.72. The van der Waals surface area contributed by atoms with Crippen molar-refractivity contribution in [2.24, 2.45) is 5.92 Å². The minimum Gasteiger partial charge on any atom is -0.497 e. The van der Waals surface area contributed by atoms with E-state index in [1.165, 1.54) is 0 Å². The van der Waals surface area contributed by atoms with Crippen molar-refractivity contribution >= 4 is 17.5 Å². The number of rotatable bonds is 6. The molecule has 2 amide bonds. The molecule has 32 heavy (non-hydrogen) atoms. The van der Waals surface area contributed by atoms with E-state index in [2.05, 4.69) is 16.3 Å². The van der Waals surface area contributed by atoms with Gasteiger partial charge in [-0.2, -0.15) is 5.26 Å². The molecule has 0 bridgehead atoms. The normalized spacial score (nSPS) is 19.4. The van der Waals surface area contributed by atoms with E-state index in [-0.39, 0.29) is 23.8 Å². The summed E-state index contributed by atoms with van der Waals surface area (Å²) in [6.07, 6.45) is 1.58. The molecule has 2 atom stereocenters. The van der Waals surface area contributed by atoms with Gasteiger partial charge in [0.1, 0.15) is 11.8 Å². The molecule has 0 saturated carbocycles. The lowest BCUT2D eigenvalue weighted by atomic mass is 9.89. The van der Waals surface area contributed by atoms with Crippen molar-refractivity contribution < 1.29 is 14.3 Å². The Bertz CT molecular complexity index is 1010. The average molecular weight is 433 g/mol. The van der Waals surface area contributed by atoms with Crippen LogP contribution in [0.5, 0.6) is 5.75 Å². The minimum absolute atomic E-state index is 0.00215. The predicted molar refractivity (Wildman–Crippen MR) is 121 cm³/mol. The Hall–Kier alpha value is -3.37. The number of ether oxygens (including phenoxy) is 1. The monoisotopic (exact) mass is 432 g/mol. The number of hydrogen-bond acceptors (Lipinski definition) is 5. The molecule has 7 heteroatoms. The molecular formula is C25H28N4O3. The molecule has 1 N–H and O–H groups in total. The molecule has 7 nitrogen and oxygen atoms in total. The van der Waals surface area contributed by atoms with Crippen LogP contribution >= 0.6 is 0 Å². The quantitative estimate of drug-likeness (QED) is 0.759. The van der Waals surface area contributed by atoms with E-state index in [9.17, 15) is 14.9 Å². The minimum atomic E-state index is -0.343. The fourth-order valence-electron chi connectivity index (χ4n) is 4.48. The summed E-state index contributed by atoms with van der Waals surface area (Å²) in [7, 11) is 1.62. The van der Waals surface area contributed by atoms with Crippen LogP contribution in [-0.4, -0.2) is 54.9 Å². The molecule has 1 fully saturated rings. The van der Waals surface area contributed by atoms with Crippen molar-refractivity contribution in [1.29, 1.82) is 5.26 Å². The lowest BCUT2D eigenvalue weighted by molar-refractivity contribution is -0.133. The number of amides is 2. The summed E-state index contributed by atoms with van der Waals surface area (Å²) in [5.74, 6) is 0.663. The van der Waals surface area contributed by atoms with Crippen LogP contribution in [0.3, 0.4) is 0 Å². The van der Waals surface area contributed by atoms with Crippen LogP contribution in [0.4, 0.5) is 5.69 Å². The van der Waals surface area contributed by atoms with Crippen molar-refractivity contribution in [1.82, 2.24) is 9.80 Å². The van der Waals surface area contributed by atoms with Crippen LogP contribution in [0.25, 0.3) is 0 Å². The Morgan fingerprint density at radius 1 is 1.16 bits per heavy atom. The van der Waals surface area contributed by atoms with Gasteiger partial charge in [-0.25, -0.2) is 0 Å². The second kappa shape index (κ2) is 9.84. The molecule has 2 aromatic rings. The van der Waals surface area contributed by atoms with Crippen LogP contribution in [-0.2, 0) is 16.0 Å². The van der Waals surface area contributed by atoms with E-state index < -0.39 is 0 Å². The highest BCUT2D eigenvalue weighted by atomic mass is 16.5. The Morgan fingerprint density at radius 3 is 2.56 bits per heavy atom. The molecule has 0 radical (unpaired) electrons. The summed E-state index contributed by atoms with van der Waals surface area (Å²) in [5, 5.41) is 12.7. The van der Waals surface area contributed by atoms with Gasteiger partial charge < -0.3 is 15.0 Å². The molecule has 2 heterocycles. The fraction of sp³-hybridized carbons (Fsp3) is 0.400. The van der Waals surface area contributed by atoms with E-state index in [1.54, 1.807) is 7.11 Å². The first-order valence-corrected chi connectivity index (χ1v) is 11.0. The third-order valence-corrected chi connectivity index (χ3v) is 6.40. The highest BCUT2D eigenvalue weighted by Gasteiger charge is 2.29. The Morgan fingerprint density at radius 2 is 1.88 bits per heavy atom. The van der Waals surface area contributed by atoms with Gasteiger partial charge >= 0.3 is 0 Å². The van der Waals surface area contributed by atoms with Gasteiger partial charge in [0.2, 0.25) is 11.8 Å². The lowest BCUT2D eigenvalue weighted by Crippen LogP contribution is -2.49. The Labute approximate surface area is 188 Å². The molecule has 2 aliphatic heterocycles. The molecule has 166 valence electrons. The molecule has 0 aliphatic carbocycles. The first kappa shape index (κ1) is 21.8. The summed E-state index contributed by atoms with van der Waals surface area (Å²) in [5.41, 5.74) is 2.93. The van der Waals surface area contributed by atoms with Crippen molar-refractivity contribution in [3.8, 4) is 11.8 Å². The highest BCUT2D eigenvalue weighted by molar-refractivity contribution is 5.96. The topological polar surface area (TPSA) is 85.7 Å². The number of anilines is 1. The number of nitriles is 1. The number of carbonyl (C=O) groups is 2. The van der Waals surface area contributed by atoms with Crippen molar-refractivity contribution in [2.75, 3.05) is 38.6 Å². The molecule has 2 aromatic carbocycles. The molecule has 0 spiro atoms. The third-order valence-electron chi connectivity index (χ3n) is 6.40. The number of methoxy groups -OCH3 is 1. The zero-order valence-corrected chi connectivity index (χ0v) is 18.3. The van der Waals surface area contributed by atoms with Crippen LogP contribution in [0.2, 0.25) is 0 Å². The van der Waals surface area contributed by atoms with Gasteiger partial charge in [0.15, 0.2) is 0 Å². The SMILES string of the molecule is COc1ccc(C(C#N)N2CCN(C(=O)CCC3Cc4ccccc4NC3=O)CC2)cc1. The molecule has 2 unspecified atom stereocenters. The number of nitrogens with zero attached hydrogens (tertiary/aromatic N) is 3. The van der Waals surface area contributed by atoms with Gasteiger partial charge in [-0.3, -0.25) is 14.5 Å². The summed E-state index contributed by atoms with van der Waals surface area (Å²) in [6.45, 7) is 2.47. The zero-order valence-electron chi connectivity index (χ0n) is 18.3. The van der Waals surface area contributed by atoms with Crippen molar-refractivity contribution in [2.45, 2.75) is 25.3 Å². The highest BCUT2D eigenvalue weighted by Crippen LogP contribution is 2.28. The summed E-state index contributed by atoms with van der Waals surface area (Å²) < 4.78 is 5.19. The second-order valence-corrected chi connectivity index (χ2v) is 8.31. The maximum Gasteiger partial charge on any atom is 0.227 e. The van der Waals surface area contributed by atoms with Crippen LogP contribution in [0.1, 0.15) is 30.0 Å². The maximum atomic E-state index is 12.8. The number of fused-ring (bicyclic) bond motifs is 1. The average Bonchev–Trinajstić information content (AvgIpc) is 2.84. The number of para-hydroxylation sites is 1. The largest absolute Gasteiger partial charge is 0.497 e. The summed E-state index contributed by atoms with van der Waals surface area (Å²) in [6, 6.07) is 17.4. The predicted octanol–water partition coefficient (Wildman–Crippen LogP) is 3.00. The standard InChI is InChI=1S/C25H28N4O3/c1-32-21-9-6-18(7-10-21)23(17-26)28-12-14-29(15-13-28)24(30)11-8-20-16-19-4-2-3-5-22(19)27-25(20)31/h2-7,9-10,20,23H,8,11-16H2,1H3,(H,27,31). The van der Waals surface area contributed by atoms with E-state index >= 15 is 0 Å². The third kappa shape index (κ3) is 4.76. The molecule has 2 aliphatic rings. The number of piperazine rings is 1. The first-order chi connectivity index (χ1) is 15.6. The van der Waals surface area contributed by atoms with Crippen LogP contribution in [0.15, 0.2) is 48.5 Å². The zero-order chi connectivity index (χ0) is 22.5. The lowest BCUT2D eigenvalue weighted by Gasteiger charge is -2.37. The van der Waals surface area contributed by atoms with Gasteiger partial charge in [-0.15, -0.1) is 0 Å². The smallest absolute Gasteiger partial charge is 0.227 e. The first-order valence-electron chi connectivity index (χ1n) is 11.0. The van der Waals surface area contributed by atoms with Crippen molar-refractivity contribution in [3.05, 3.63) is 59.7 Å². The number of carbonyl (C=O) groups excluding carboxylic acids is 2. The van der Waals surface area contributed by atoms with Crippen LogP contribution in [0, 0.1) is 17.2 Å². The van der Waals surface area contributed by atoms with Gasteiger partial charge in [0.05, 0.1) is 13.2 Å². The van der Waals surface area contributed by atoms with Crippen LogP contribution < -0.4 is 10.1 Å². The van der Waals surface area contributed by atoms with E-state index in [0.29, 0.717) is 45.4 Å². The van der Waals surface area contributed by atoms with Gasteiger partial charge in [-0.05, 0) is 42.2 Å².